The van der Waals surface area contributed by atoms with Gasteiger partial charge >= 0.3 is 0 Å². The van der Waals surface area contributed by atoms with E-state index in [1.807, 2.05) is 12.1 Å². The van der Waals surface area contributed by atoms with E-state index < -0.39 is 0 Å². The Bertz CT molecular complexity index is 514. The smallest absolute Gasteiger partial charge is 0.124 e. The van der Waals surface area contributed by atoms with Gasteiger partial charge in [-0.15, -0.1) is 12.4 Å². The predicted molar refractivity (Wildman–Crippen MR) is 70.6 cm³/mol. The largest absolute Gasteiger partial charge is 0.372 e. The van der Waals surface area contributed by atoms with E-state index >= 15 is 0 Å². The lowest BCUT2D eigenvalue weighted by atomic mass is 9.91. The third-order valence-corrected chi connectivity index (χ3v) is 3.16. The molecule has 1 aromatic heterocycles. The van der Waals surface area contributed by atoms with Crippen molar-refractivity contribution in [2.24, 2.45) is 5.73 Å². The van der Waals surface area contributed by atoms with E-state index in [-0.39, 0.29) is 18.5 Å². The van der Waals surface area contributed by atoms with Crippen LogP contribution in [0.25, 0.3) is 11.3 Å². The highest BCUT2D eigenvalue weighted by Crippen LogP contribution is 2.33. The molecule has 5 heteroatoms. The van der Waals surface area contributed by atoms with Gasteiger partial charge in [-0.3, -0.25) is 0 Å². The van der Waals surface area contributed by atoms with Gasteiger partial charge in [0.05, 0.1) is 12.7 Å². The van der Waals surface area contributed by atoms with Gasteiger partial charge < -0.3 is 15.0 Å². The Morgan fingerprint density at radius 1 is 1.33 bits per heavy atom. The summed E-state index contributed by atoms with van der Waals surface area (Å²) in [6.45, 7) is 1.22. The highest BCUT2D eigenvalue weighted by Gasteiger charge is 2.22. The molecule has 0 saturated carbocycles. The number of halogens is 1. The minimum absolute atomic E-state index is 0. The van der Waals surface area contributed by atoms with Crippen LogP contribution in [0.3, 0.4) is 0 Å². The molecule has 2 aromatic rings. The number of benzene rings is 1. The predicted octanol–water partition coefficient (Wildman–Crippen LogP) is 2.34. The maximum absolute atomic E-state index is 5.73. The van der Waals surface area contributed by atoms with Crippen LogP contribution < -0.4 is 5.73 Å². The van der Waals surface area contributed by atoms with Crippen LogP contribution in [0.15, 0.2) is 35.1 Å². The van der Waals surface area contributed by atoms with Gasteiger partial charge in [0, 0.05) is 18.2 Å². The Balaban J connectivity index is 0.00000120. The highest BCUT2D eigenvalue weighted by atomic mass is 35.5. The zero-order valence-electron chi connectivity index (χ0n) is 9.83. The molecule has 4 nitrogen and oxygen atoms in total. The van der Waals surface area contributed by atoms with E-state index in [4.69, 9.17) is 15.0 Å². The first-order valence-corrected chi connectivity index (χ1v) is 5.74. The minimum Gasteiger partial charge on any atom is -0.372 e. The summed E-state index contributed by atoms with van der Waals surface area (Å²) in [6.07, 6.45) is 2.49. The van der Waals surface area contributed by atoms with Crippen molar-refractivity contribution in [1.82, 2.24) is 5.16 Å². The quantitative estimate of drug-likeness (QED) is 0.906. The van der Waals surface area contributed by atoms with E-state index in [2.05, 4.69) is 17.3 Å². The van der Waals surface area contributed by atoms with E-state index in [1.54, 1.807) is 6.26 Å². The molecule has 0 bridgehead atoms. The summed E-state index contributed by atoms with van der Waals surface area (Å²) in [5.41, 5.74) is 10.2. The van der Waals surface area contributed by atoms with Crippen molar-refractivity contribution in [3.05, 3.63) is 41.7 Å². The fourth-order valence-electron chi connectivity index (χ4n) is 2.36. The van der Waals surface area contributed by atoms with Gasteiger partial charge in [-0.1, -0.05) is 23.4 Å². The lowest BCUT2D eigenvalue weighted by Gasteiger charge is -2.26. The first-order chi connectivity index (χ1) is 8.40. The molecule has 0 saturated heterocycles. The molecule has 2 heterocycles. The second kappa shape index (κ2) is 5.52. The molecular weight excluding hydrogens is 252 g/mol. The van der Waals surface area contributed by atoms with Crippen molar-refractivity contribution >= 4 is 12.4 Å². The number of fused-ring (bicyclic) bond motifs is 1. The number of ether oxygens (including phenoxy) is 1. The van der Waals surface area contributed by atoms with Crippen molar-refractivity contribution in [2.75, 3.05) is 13.2 Å². The fraction of sp³-hybridized carbons (Fsp3) is 0.308. The maximum Gasteiger partial charge on any atom is 0.124 e. The topological polar surface area (TPSA) is 61.3 Å². The molecule has 0 fully saturated rings. The molecule has 0 spiro atoms. The third kappa shape index (κ3) is 2.14. The van der Waals surface area contributed by atoms with Crippen LogP contribution in [-0.4, -0.2) is 18.3 Å². The van der Waals surface area contributed by atoms with Gasteiger partial charge in [-0.2, -0.15) is 0 Å². The van der Waals surface area contributed by atoms with E-state index in [0.29, 0.717) is 13.2 Å². The monoisotopic (exact) mass is 266 g/mol. The van der Waals surface area contributed by atoms with Crippen molar-refractivity contribution in [2.45, 2.75) is 12.5 Å². The molecule has 1 aliphatic heterocycles. The number of nitrogens with zero attached hydrogens (tertiary/aromatic N) is 1. The van der Waals surface area contributed by atoms with Crippen LogP contribution in [0.4, 0.5) is 0 Å². The number of rotatable bonds is 2. The number of hydrogen-bond donors (Lipinski definition) is 1. The van der Waals surface area contributed by atoms with E-state index in [9.17, 15) is 0 Å². The normalized spacial score (nSPS) is 17.9. The summed E-state index contributed by atoms with van der Waals surface area (Å²) in [4.78, 5) is 0. The van der Waals surface area contributed by atoms with Crippen LogP contribution in [-0.2, 0) is 11.2 Å². The Morgan fingerprint density at radius 2 is 2.22 bits per heavy atom. The first-order valence-electron chi connectivity index (χ1n) is 5.74. The molecule has 1 atom stereocenters. The van der Waals surface area contributed by atoms with Gasteiger partial charge in [0.1, 0.15) is 12.0 Å². The molecule has 0 unspecified atom stereocenters. The minimum atomic E-state index is 0. The molecule has 96 valence electrons. The number of hydrogen-bond acceptors (Lipinski definition) is 4. The standard InChI is InChI=1S/C13H14N2O2.ClH/c14-8-13-11-3-1-2-10(9(11)4-6-16-13)12-5-7-17-15-12;/h1-3,5,7,13H,4,6,8,14H2;1H/t13-;/m1./s1. The molecule has 0 radical (unpaired) electrons. The molecule has 18 heavy (non-hydrogen) atoms. The van der Waals surface area contributed by atoms with Crippen LogP contribution in [0.5, 0.6) is 0 Å². The Hall–Kier alpha value is -1.36. The SMILES string of the molecule is Cl.NC[C@H]1OCCc2c(-c3ccon3)cccc21. The average molecular weight is 267 g/mol. The van der Waals surface area contributed by atoms with Crippen LogP contribution in [0.1, 0.15) is 17.2 Å². The zero-order valence-corrected chi connectivity index (χ0v) is 10.7. The maximum atomic E-state index is 5.73. The lowest BCUT2D eigenvalue weighted by molar-refractivity contribution is 0.0486. The van der Waals surface area contributed by atoms with Gasteiger partial charge in [0.2, 0.25) is 0 Å². The summed E-state index contributed by atoms with van der Waals surface area (Å²) in [5, 5.41) is 4.00. The van der Waals surface area contributed by atoms with E-state index in [1.165, 1.54) is 11.1 Å². The van der Waals surface area contributed by atoms with Crippen molar-refractivity contribution in [3.63, 3.8) is 0 Å². The van der Waals surface area contributed by atoms with Crippen molar-refractivity contribution in [1.29, 1.82) is 0 Å². The van der Waals surface area contributed by atoms with Gasteiger partial charge in [-0.25, -0.2) is 0 Å². The summed E-state index contributed by atoms with van der Waals surface area (Å²) < 4.78 is 10.6. The summed E-state index contributed by atoms with van der Waals surface area (Å²) in [7, 11) is 0. The zero-order chi connectivity index (χ0) is 11.7. The fourth-order valence-corrected chi connectivity index (χ4v) is 2.36. The summed E-state index contributed by atoms with van der Waals surface area (Å²) in [6, 6.07) is 8.04. The second-order valence-corrected chi connectivity index (χ2v) is 4.10. The lowest BCUT2D eigenvalue weighted by Crippen LogP contribution is -2.23. The molecular formula is C13H15ClN2O2. The highest BCUT2D eigenvalue weighted by molar-refractivity contribution is 5.85. The third-order valence-electron chi connectivity index (χ3n) is 3.16. The van der Waals surface area contributed by atoms with Crippen molar-refractivity contribution < 1.29 is 9.26 Å². The average Bonchev–Trinajstić information content (AvgIpc) is 2.91. The van der Waals surface area contributed by atoms with Crippen LogP contribution in [0, 0.1) is 0 Å². The van der Waals surface area contributed by atoms with Gasteiger partial charge in [0.25, 0.3) is 0 Å². The number of nitrogens with two attached hydrogens (primary N) is 1. The molecule has 1 aromatic carbocycles. The first kappa shape index (κ1) is 13.1. The van der Waals surface area contributed by atoms with Crippen molar-refractivity contribution in [3.8, 4) is 11.3 Å². The molecule has 2 N–H and O–H groups in total. The van der Waals surface area contributed by atoms with Gasteiger partial charge in [-0.05, 0) is 17.5 Å². The van der Waals surface area contributed by atoms with Crippen LogP contribution in [0.2, 0.25) is 0 Å². The second-order valence-electron chi connectivity index (χ2n) is 4.10. The number of aromatic nitrogens is 1. The molecule has 0 aliphatic carbocycles. The summed E-state index contributed by atoms with van der Waals surface area (Å²) in [5.74, 6) is 0. The molecule has 3 rings (SSSR count). The van der Waals surface area contributed by atoms with Crippen LogP contribution >= 0.6 is 12.4 Å². The molecule has 1 aliphatic rings. The summed E-state index contributed by atoms with van der Waals surface area (Å²) >= 11 is 0. The van der Waals surface area contributed by atoms with E-state index in [0.717, 1.165) is 17.7 Å². The Morgan fingerprint density at radius 3 is 2.94 bits per heavy atom. The molecule has 0 amide bonds. The van der Waals surface area contributed by atoms with Gasteiger partial charge in [0.15, 0.2) is 0 Å². The Labute approximate surface area is 112 Å². The Kier molecular flexibility index (Phi) is 4.01.